The molecule has 0 aliphatic carbocycles. The van der Waals surface area contributed by atoms with Gasteiger partial charge in [-0.15, -0.1) is 6.58 Å². The van der Waals surface area contributed by atoms with Gasteiger partial charge >= 0.3 is 6.03 Å². The Kier molecular flexibility index (Phi) is 8.32. The Labute approximate surface area is 143 Å². The van der Waals surface area contributed by atoms with E-state index < -0.39 is 22.1 Å². The molecule has 0 aromatic carbocycles. The predicted molar refractivity (Wildman–Crippen MR) is 91.6 cm³/mol. The molecule has 0 saturated carbocycles. The maximum Gasteiger partial charge on any atom is 0.321 e. The van der Waals surface area contributed by atoms with Crippen LogP contribution in [0, 0.1) is 0 Å². The Bertz CT molecular complexity index is 539. The van der Waals surface area contributed by atoms with Gasteiger partial charge in [0.1, 0.15) is 0 Å². The summed E-state index contributed by atoms with van der Waals surface area (Å²) < 4.78 is 27.7. The summed E-state index contributed by atoms with van der Waals surface area (Å²) in [5.74, 6) is -0.420. The third-order valence-electron chi connectivity index (χ3n) is 3.72. The summed E-state index contributed by atoms with van der Waals surface area (Å²) in [4.78, 5) is 25.0. The van der Waals surface area contributed by atoms with Gasteiger partial charge in [0.15, 0.2) is 0 Å². The van der Waals surface area contributed by atoms with Gasteiger partial charge < -0.3 is 5.32 Å². The summed E-state index contributed by atoms with van der Waals surface area (Å²) in [7, 11) is -3.44. The van der Waals surface area contributed by atoms with Gasteiger partial charge in [-0.3, -0.25) is 15.0 Å². The molecule has 0 unspecified atom stereocenters. The zero-order chi connectivity index (χ0) is 18.2. The highest BCUT2D eigenvalue weighted by Gasteiger charge is 2.31. The molecule has 1 fully saturated rings. The lowest BCUT2D eigenvalue weighted by Crippen LogP contribution is -2.54. The van der Waals surface area contributed by atoms with Crippen molar-refractivity contribution in [3.05, 3.63) is 12.7 Å². The molecule has 3 amide bonds. The van der Waals surface area contributed by atoms with E-state index in [4.69, 9.17) is 0 Å². The number of nitrogens with zero attached hydrogens (tertiary/aromatic N) is 3. The van der Waals surface area contributed by atoms with E-state index in [1.165, 1.54) is 14.7 Å². The van der Waals surface area contributed by atoms with Crippen molar-refractivity contribution in [3.8, 4) is 0 Å². The summed E-state index contributed by atoms with van der Waals surface area (Å²) in [6.07, 6.45) is 1.51. The van der Waals surface area contributed by atoms with Crippen LogP contribution >= 0.6 is 0 Å². The topological polar surface area (TPSA) is 102 Å². The molecule has 0 aromatic heterocycles. The second-order valence-electron chi connectivity index (χ2n) is 5.31. The van der Waals surface area contributed by atoms with Crippen LogP contribution in [0.3, 0.4) is 0 Å². The average molecular weight is 361 g/mol. The number of piperazine rings is 1. The van der Waals surface area contributed by atoms with E-state index in [2.05, 4.69) is 17.2 Å². The largest absolute Gasteiger partial charge is 0.334 e. The van der Waals surface area contributed by atoms with Crippen molar-refractivity contribution in [2.45, 2.75) is 13.8 Å². The average Bonchev–Trinajstić information content (AvgIpc) is 2.54. The molecule has 1 saturated heterocycles. The van der Waals surface area contributed by atoms with E-state index in [1.807, 2.05) is 4.90 Å². The smallest absolute Gasteiger partial charge is 0.321 e. The van der Waals surface area contributed by atoms with Crippen molar-refractivity contribution >= 4 is 22.1 Å². The number of carbonyl (C=O) groups is 2. The molecular weight excluding hydrogens is 334 g/mol. The van der Waals surface area contributed by atoms with Crippen LogP contribution in [0.1, 0.15) is 13.8 Å². The molecule has 2 N–H and O–H groups in total. The van der Waals surface area contributed by atoms with Crippen molar-refractivity contribution in [2.24, 2.45) is 0 Å². The molecule has 0 atom stereocenters. The quantitative estimate of drug-likeness (QED) is 0.551. The highest BCUT2D eigenvalue weighted by molar-refractivity contribution is 7.86. The Morgan fingerprint density at radius 1 is 1.17 bits per heavy atom. The lowest BCUT2D eigenvalue weighted by molar-refractivity contribution is -0.121. The maximum absolute atomic E-state index is 12.4. The number of rotatable bonds is 8. The lowest BCUT2D eigenvalue weighted by Gasteiger charge is -2.35. The minimum Gasteiger partial charge on any atom is -0.334 e. The van der Waals surface area contributed by atoms with Crippen molar-refractivity contribution in [1.82, 2.24) is 24.1 Å². The summed E-state index contributed by atoms with van der Waals surface area (Å²) in [5, 5.41) is 4.67. The summed E-state index contributed by atoms with van der Waals surface area (Å²) in [6, 6.07) is -0.567. The number of amides is 3. The van der Waals surface area contributed by atoms with Crippen LogP contribution in [0.25, 0.3) is 0 Å². The summed E-state index contributed by atoms with van der Waals surface area (Å²) in [6.45, 7) is 9.82. The van der Waals surface area contributed by atoms with Gasteiger partial charge in [0, 0.05) is 45.8 Å². The van der Waals surface area contributed by atoms with Gasteiger partial charge in [0.25, 0.3) is 10.2 Å². The second kappa shape index (κ2) is 9.72. The van der Waals surface area contributed by atoms with Crippen LogP contribution < -0.4 is 10.6 Å². The van der Waals surface area contributed by atoms with Gasteiger partial charge in [-0.2, -0.15) is 17.0 Å². The molecule has 0 aromatic rings. The van der Waals surface area contributed by atoms with E-state index in [1.54, 1.807) is 13.8 Å². The van der Waals surface area contributed by atoms with Gasteiger partial charge in [-0.25, -0.2) is 4.79 Å². The van der Waals surface area contributed by atoms with Crippen molar-refractivity contribution < 1.29 is 18.0 Å². The Hall–Kier alpha value is -1.49. The van der Waals surface area contributed by atoms with Crippen molar-refractivity contribution in [3.63, 3.8) is 0 Å². The third kappa shape index (κ3) is 5.86. The van der Waals surface area contributed by atoms with E-state index in [9.17, 15) is 18.0 Å². The molecule has 1 rings (SSSR count). The predicted octanol–water partition coefficient (Wildman–Crippen LogP) is -0.798. The monoisotopic (exact) mass is 361 g/mol. The molecule has 24 heavy (non-hydrogen) atoms. The van der Waals surface area contributed by atoms with Gasteiger partial charge in [0.05, 0.1) is 6.54 Å². The first-order valence-corrected chi connectivity index (χ1v) is 9.41. The Balaban J connectivity index is 2.44. The summed E-state index contributed by atoms with van der Waals surface area (Å²) in [5.41, 5.74) is 0. The molecule has 0 spiro atoms. The van der Waals surface area contributed by atoms with Gasteiger partial charge in [-0.05, 0) is 0 Å². The van der Waals surface area contributed by atoms with Gasteiger partial charge in [0.2, 0.25) is 5.91 Å². The number of hydrogen-bond donors (Lipinski definition) is 2. The van der Waals surface area contributed by atoms with Crippen LogP contribution in [-0.4, -0.2) is 86.2 Å². The van der Waals surface area contributed by atoms with E-state index in [0.29, 0.717) is 39.3 Å². The molecule has 9 nitrogen and oxygen atoms in total. The van der Waals surface area contributed by atoms with E-state index >= 15 is 0 Å². The van der Waals surface area contributed by atoms with Crippen molar-refractivity contribution in [2.75, 3.05) is 52.4 Å². The second-order valence-corrected chi connectivity index (χ2v) is 7.24. The van der Waals surface area contributed by atoms with Crippen LogP contribution in [0.5, 0.6) is 0 Å². The minimum absolute atomic E-state index is 0.0562. The fraction of sp³-hybridized carbons (Fsp3) is 0.714. The normalized spacial score (nSPS) is 16.8. The highest BCUT2D eigenvalue weighted by atomic mass is 32.2. The van der Waals surface area contributed by atoms with Crippen LogP contribution in [0.15, 0.2) is 12.7 Å². The first-order chi connectivity index (χ1) is 11.3. The molecule has 1 aliphatic heterocycles. The van der Waals surface area contributed by atoms with Gasteiger partial charge in [-0.1, -0.05) is 19.9 Å². The maximum atomic E-state index is 12.4. The number of nitrogens with one attached hydrogen (secondary N) is 2. The van der Waals surface area contributed by atoms with Crippen LogP contribution in [0.4, 0.5) is 4.79 Å². The molecule has 0 radical (unpaired) electrons. The first kappa shape index (κ1) is 20.6. The molecule has 10 heteroatoms. The van der Waals surface area contributed by atoms with Crippen LogP contribution in [0.2, 0.25) is 0 Å². The minimum atomic E-state index is -3.44. The zero-order valence-electron chi connectivity index (χ0n) is 14.3. The summed E-state index contributed by atoms with van der Waals surface area (Å²) >= 11 is 0. The molecule has 1 heterocycles. The van der Waals surface area contributed by atoms with E-state index in [-0.39, 0.29) is 13.1 Å². The SMILES string of the molecule is C=CCNC(=O)NC(=O)CN1CCN(S(=O)(=O)N(CC)CC)CC1. The van der Waals surface area contributed by atoms with Crippen LogP contribution in [-0.2, 0) is 15.0 Å². The fourth-order valence-electron chi connectivity index (χ4n) is 2.41. The lowest BCUT2D eigenvalue weighted by atomic mass is 10.3. The standard InChI is InChI=1S/C14H27N5O4S/c1-4-7-15-14(21)16-13(20)12-17-8-10-19(11-9-17)24(22,23)18(5-2)6-3/h4H,1,5-12H2,2-3H3,(H2,15,16,20,21). The highest BCUT2D eigenvalue weighted by Crippen LogP contribution is 2.11. The fourth-order valence-corrected chi connectivity index (χ4v) is 4.01. The number of imide groups is 1. The van der Waals surface area contributed by atoms with E-state index in [0.717, 1.165) is 0 Å². The molecule has 138 valence electrons. The first-order valence-electron chi connectivity index (χ1n) is 8.01. The Morgan fingerprint density at radius 2 is 1.75 bits per heavy atom. The zero-order valence-corrected chi connectivity index (χ0v) is 15.1. The molecule has 0 bridgehead atoms. The number of urea groups is 1. The molecule has 1 aliphatic rings. The molecular formula is C14H27N5O4S. The van der Waals surface area contributed by atoms with Crippen molar-refractivity contribution in [1.29, 1.82) is 0 Å². The number of hydrogen-bond acceptors (Lipinski definition) is 5. The Morgan fingerprint density at radius 3 is 2.25 bits per heavy atom. The number of carbonyl (C=O) groups excluding carboxylic acids is 2. The third-order valence-corrected chi connectivity index (χ3v) is 5.90.